The van der Waals surface area contributed by atoms with Gasteiger partial charge in [0.15, 0.2) is 11.6 Å². The van der Waals surface area contributed by atoms with Crippen molar-refractivity contribution < 1.29 is 38.2 Å². The minimum atomic E-state index is -2.32. The molecule has 0 saturated carbocycles. The van der Waals surface area contributed by atoms with Crippen LogP contribution in [-0.2, 0) is 52.6 Å². The van der Waals surface area contributed by atoms with Gasteiger partial charge >= 0.3 is 11.9 Å². The number of hydrogen-bond donors (Lipinski definition) is 0. The molecule has 1 aliphatic carbocycles. The molecule has 2 spiro atoms. The number of carbonyl (C=O) groups excluding carboxylic acids is 6. The highest BCUT2D eigenvalue weighted by atomic mass is 35.5. The summed E-state index contributed by atoms with van der Waals surface area (Å²) >= 11 is 14.1. The van der Waals surface area contributed by atoms with E-state index in [1.54, 1.807) is 108 Å². The maximum Gasteiger partial charge on any atom is 0.355 e. The summed E-state index contributed by atoms with van der Waals surface area (Å²) in [6.07, 6.45) is 1.81. The number of esters is 2. The van der Waals surface area contributed by atoms with Crippen molar-refractivity contribution in [2.24, 2.45) is 11.8 Å². The topological polar surface area (TPSA) is 134 Å². The third-order valence-corrected chi connectivity index (χ3v) is 16.0. The first-order chi connectivity index (χ1) is 36.1. The number of fused-ring (bicyclic) bond motifs is 3. The van der Waals surface area contributed by atoms with Crippen molar-refractivity contribution in [3.05, 3.63) is 234 Å². The van der Waals surface area contributed by atoms with Crippen LogP contribution >= 0.6 is 23.2 Å². The van der Waals surface area contributed by atoms with Gasteiger partial charge in [-0.15, -0.1) is 0 Å². The van der Waals surface area contributed by atoms with Gasteiger partial charge in [-0.25, -0.2) is 9.59 Å². The van der Waals surface area contributed by atoms with Crippen molar-refractivity contribution in [3.63, 3.8) is 0 Å². The van der Waals surface area contributed by atoms with Crippen molar-refractivity contribution in [2.75, 3.05) is 38.1 Å². The number of hydrogen-bond acceptors (Lipinski definition) is 10. The summed E-state index contributed by atoms with van der Waals surface area (Å²) in [5.41, 5.74) is 0.450. The molecule has 6 aliphatic rings. The second kappa shape index (κ2) is 18.4. The number of rotatable bonds is 11. The number of carbonyl (C=O) groups is 6. The van der Waals surface area contributed by atoms with Gasteiger partial charge in [-0.05, 0) is 78.6 Å². The molecule has 5 atom stereocenters. The zero-order chi connectivity index (χ0) is 52.8. The summed E-state index contributed by atoms with van der Waals surface area (Å²) in [4.78, 5) is 104. The molecule has 0 fully saturated rings. The fraction of sp³-hybridized carbons (Fsp3) is 0.213. The maximum atomic E-state index is 17.1. The summed E-state index contributed by atoms with van der Waals surface area (Å²) in [6.45, 7) is 3.84. The number of methoxy groups -OCH3 is 2. The minimum absolute atomic E-state index is 0.000479. The van der Waals surface area contributed by atoms with E-state index in [9.17, 15) is 0 Å². The molecule has 6 aromatic carbocycles. The van der Waals surface area contributed by atoms with Crippen molar-refractivity contribution >= 4 is 69.9 Å². The fourth-order valence-corrected chi connectivity index (χ4v) is 12.7. The van der Waals surface area contributed by atoms with Crippen LogP contribution in [0.2, 0.25) is 10.0 Å². The van der Waals surface area contributed by atoms with E-state index in [1.165, 1.54) is 4.90 Å². The number of likely N-dealkylation sites (N-methyl/N-ethyl adjacent to an activating group) is 1. The molecule has 5 aliphatic heterocycles. The standard InChI is InChI=1S/C61H50Cl2N4O8/c1-34-17-21-38(22-18-34)53(68)50-48-46(64(3)4)31-47(60(50)42-29-40(62)25-27-44(42)65(58(60)72)32-36-13-9-7-10-14-36)67-52(57(71)75-6)49(56(70)74-5)51(54(69)39-23-19-35(2)20-24-39)61(55(48)67)43-30-41(63)26-28-45(43)66(59(61)73)33-37-15-11-8-12-16-37/h7-31,47,50-51H,32-33H2,1-6H3. The third-order valence-electron chi connectivity index (χ3n) is 15.5. The van der Waals surface area contributed by atoms with E-state index in [0.717, 1.165) is 36.5 Å². The van der Waals surface area contributed by atoms with Crippen LogP contribution in [0.4, 0.5) is 11.4 Å². The Morgan fingerprint density at radius 3 is 1.59 bits per heavy atom. The van der Waals surface area contributed by atoms with Crippen LogP contribution in [0, 0.1) is 25.7 Å². The number of amides is 2. The smallest absolute Gasteiger partial charge is 0.355 e. The lowest BCUT2D eigenvalue weighted by Crippen LogP contribution is -2.71. The molecule has 5 heterocycles. The van der Waals surface area contributed by atoms with Crippen molar-refractivity contribution in [1.29, 1.82) is 0 Å². The first-order valence-corrected chi connectivity index (χ1v) is 25.2. The number of ether oxygens (including phenoxy) is 2. The number of aryl methyl sites for hydroxylation is 2. The molecule has 5 unspecified atom stereocenters. The molecular formula is C61H50Cl2N4O8. The second-order valence-corrected chi connectivity index (χ2v) is 20.7. The summed E-state index contributed by atoms with van der Waals surface area (Å²) in [7, 11) is 5.86. The van der Waals surface area contributed by atoms with E-state index in [0.29, 0.717) is 22.6 Å². The molecule has 2 bridgehead atoms. The Bertz CT molecular complexity index is 3540. The van der Waals surface area contributed by atoms with E-state index in [-0.39, 0.29) is 51.1 Å². The second-order valence-electron chi connectivity index (χ2n) is 19.8. The molecule has 12 nitrogen and oxygen atoms in total. The summed E-state index contributed by atoms with van der Waals surface area (Å²) in [5, 5.41) is 0.461. The number of halogens is 2. The molecule has 376 valence electrons. The van der Waals surface area contributed by atoms with E-state index in [4.69, 9.17) is 32.7 Å². The van der Waals surface area contributed by atoms with Crippen LogP contribution in [0.15, 0.2) is 180 Å². The van der Waals surface area contributed by atoms with Gasteiger partial charge in [-0.3, -0.25) is 19.2 Å². The highest BCUT2D eigenvalue weighted by molar-refractivity contribution is 6.32. The lowest BCUT2D eigenvalue weighted by molar-refractivity contribution is -0.143. The Morgan fingerprint density at radius 1 is 0.600 bits per heavy atom. The molecule has 75 heavy (non-hydrogen) atoms. The number of benzene rings is 6. The fourth-order valence-electron chi connectivity index (χ4n) is 12.4. The van der Waals surface area contributed by atoms with Gasteiger partial charge in [0.05, 0.1) is 50.8 Å². The Morgan fingerprint density at radius 2 is 1.08 bits per heavy atom. The Kier molecular flexibility index (Phi) is 12.1. The number of Topliss-reactive ketones (excluding diaryl/α,β-unsaturated/α-hetero) is 2. The minimum Gasteiger partial charge on any atom is -0.466 e. The van der Waals surface area contributed by atoms with Gasteiger partial charge in [0.2, 0.25) is 11.8 Å². The van der Waals surface area contributed by atoms with Gasteiger partial charge in [0, 0.05) is 63.6 Å². The Hall–Kier alpha value is -8.06. The van der Waals surface area contributed by atoms with Crippen LogP contribution in [0.5, 0.6) is 0 Å². The van der Waals surface area contributed by atoms with E-state index in [2.05, 4.69) is 0 Å². The van der Waals surface area contributed by atoms with Crippen molar-refractivity contribution in [1.82, 2.24) is 9.80 Å². The molecule has 0 saturated heterocycles. The first kappa shape index (κ1) is 49.2. The maximum absolute atomic E-state index is 17.1. The largest absolute Gasteiger partial charge is 0.466 e. The van der Waals surface area contributed by atoms with Gasteiger partial charge < -0.3 is 29.1 Å². The average Bonchev–Trinajstić information content (AvgIpc) is 4.02. The van der Waals surface area contributed by atoms with Gasteiger partial charge in [0.1, 0.15) is 16.5 Å². The van der Waals surface area contributed by atoms with Crippen LogP contribution in [0.25, 0.3) is 0 Å². The lowest BCUT2D eigenvalue weighted by Gasteiger charge is -2.61. The quantitative estimate of drug-likeness (QED) is 0.0912. The lowest BCUT2D eigenvalue weighted by atomic mass is 9.50. The van der Waals surface area contributed by atoms with Crippen molar-refractivity contribution in [2.45, 2.75) is 43.8 Å². The molecular weight excluding hydrogens is 988 g/mol. The van der Waals surface area contributed by atoms with E-state index < -0.39 is 75.3 Å². The van der Waals surface area contributed by atoms with Crippen LogP contribution in [0.1, 0.15) is 54.1 Å². The van der Waals surface area contributed by atoms with Crippen molar-refractivity contribution in [3.8, 4) is 0 Å². The van der Waals surface area contributed by atoms with Crippen LogP contribution < -0.4 is 9.80 Å². The summed E-state index contributed by atoms with van der Waals surface area (Å²) < 4.78 is 11.3. The first-order valence-electron chi connectivity index (χ1n) is 24.5. The Labute approximate surface area is 444 Å². The molecule has 0 radical (unpaired) electrons. The Balaban J connectivity index is 1.36. The zero-order valence-electron chi connectivity index (χ0n) is 41.9. The molecule has 14 heteroatoms. The number of nitrogens with zero attached hydrogens (tertiary/aromatic N) is 4. The van der Waals surface area contributed by atoms with Crippen LogP contribution in [0.3, 0.4) is 0 Å². The van der Waals surface area contributed by atoms with Gasteiger partial charge in [-0.1, -0.05) is 144 Å². The predicted molar refractivity (Wildman–Crippen MR) is 285 cm³/mol. The SMILES string of the molecule is COC(=O)C1=C(C(=O)OC)N2C(=C3C(N(C)C)=CC2C2(C(=O)N(Cc4ccccc4)c4ccc(Cl)cc42)C3C(=O)c2ccc(C)cc2)C2(C(=O)N(Cc3ccccc3)c3ccc(Cl)cc32)C1C(=O)c1ccc(C)cc1. The van der Waals surface area contributed by atoms with E-state index in [1.807, 2.05) is 86.6 Å². The number of allylic oxidation sites excluding steroid dienone is 1. The molecule has 6 aromatic rings. The average molecular weight is 1040 g/mol. The highest BCUT2D eigenvalue weighted by Crippen LogP contribution is 2.69. The van der Waals surface area contributed by atoms with Gasteiger partial charge in [0.25, 0.3) is 0 Å². The molecule has 2 amide bonds. The van der Waals surface area contributed by atoms with E-state index >= 15 is 28.8 Å². The van der Waals surface area contributed by atoms with Gasteiger partial charge in [-0.2, -0.15) is 0 Å². The number of anilines is 2. The third kappa shape index (κ3) is 7.17. The molecule has 12 rings (SSSR count). The zero-order valence-corrected chi connectivity index (χ0v) is 43.4. The molecule has 0 aromatic heterocycles. The van der Waals surface area contributed by atoms with Crippen LogP contribution in [-0.4, -0.2) is 79.5 Å². The number of ketones is 2. The molecule has 0 N–H and O–H groups in total. The highest BCUT2D eigenvalue weighted by Gasteiger charge is 2.76. The predicted octanol–water partition coefficient (Wildman–Crippen LogP) is 9.89. The summed E-state index contributed by atoms with van der Waals surface area (Å²) in [6, 6.07) is 41.1. The monoisotopic (exact) mass is 1040 g/mol. The summed E-state index contributed by atoms with van der Waals surface area (Å²) in [5.74, 6) is -7.89. The normalized spacial score (nSPS) is 22.1.